The van der Waals surface area contributed by atoms with Gasteiger partial charge >= 0.3 is 5.97 Å². The molecule has 3 aliphatic rings. The average Bonchev–Trinajstić information content (AvgIpc) is 3.24. The number of para-hydroxylation sites is 1. The highest BCUT2D eigenvalue weighted by atomic mass is 16.7. The zero-order chi connectivity index (χ0) is 27.3. The summed E-state index contributed by atoms with van der Waals surface area (Å²) in [7, 11) is 0. The molecule has 1 aliphatic carbocycles. The van der Waals surface area contributed by atoms with Crippen LogP contribution in [0.1, 0.15) is 64.2 Å². The molecule has 1 aromatic rings. The number of ether oxygens (including phenoxy) is 6. The molecule has 0 radical (unpaired) electrons. The largest absolute Gasteiger partial charge is 0.491 e. The van der Waals surface area contributed by atoms with E-state index in [2.05, 4.69) is 0 Å². The summed E-state index contributed by atoms with van der Waals surface area (Å²) in [5, 5.41) is 19.9. The number of hydrogen-bond donors (Lipinski definition) is 2. The second kappa shape index (κ2) is 16.3. The highest BCUT2D eigenvalue weighted by molar-refractivity contribution is 5.66. The molecule has 3 fully saturated rings. The average molecular weight is 549 g/mol. The Labute approximate surface area is 231 Å². The highest BCUT2D eigenvalue weighted by Gasteiger charge is 2.45. The molecule has 0 aromatic heterocycles. The lowest BCUT2D eigenvalue weighted by Crippen LogP contribution is -2.40. The summed E-state index contributed by atoms with van der Waals surface area (Å²) in [6, 6.07) is 9.61. The number of benzene rings is 1. The van der Waals surface area contributed by atoms with Crippen LogP contribution in [0.15, 0.2) is 42.5 Å². The molecule has 1 aromatic carbocycles. The summed E-state index contributed by atoms with van der Waals surface area (Å²) in [4.78, 5) is 10.8. The molecule has 1 saturated carbocycles. The van der Waals surface area contributed by atoms with Gasteiger partial charge in [-0.1, -0.05) is 30.4 Å². The number of aliphatic hydroxyl groups is 1. The van der Waals surface area contributed by atoms with Gasteiger partial charge in [0.1, 0.15) is 18.5 Å². The maximum atomic E-state index is 11.0. The summed E-state index contributed by atoms with van der Waals surface area (Å²) in [5.41, 5.74) is 0. The molecule has 7 unspecified atom stereocenters. The Morgan fingerprint density at radius 1 is 1.00 bits per heavy atom. The minimum Gasteiger partial charge on any atom is -0.491 e. The van der Waals surface area contributed by atoms with Crippen molar-refractivity contribution in [2.75, 3.05) is 26.4 Å². The molecule has 0 bridgehead atoms. The first-order chi connectivity index (χ1) is 19.1. The van der Waals surface area contributed by atoms with Gasteiger partial charge < -0.3 is 38.6 Å². The second-order valence-electron chi connectivity index (χ2n) is 10.6. The van der Waals surface area contributed by atoms with Crippen LogP contribution in [-0.2, 0) is 28.5 Å². The first-order valence-corrected chi connectivity index (χ1v) is 14.5. The van der Waals surface area contributed by atoms with Crippen LogP contribution in [0, 0.1) is 5.92 Å². The topological polar surface area (TPSA) is 113 Å². The van der Waals surface area contributed by atoms with Crippen LogP contribution >= 0.6 is 0 Å². The van der Waals surface area contributed by atoms with E-state index in [1.807, 2.05) is 42.5 Å². The Morgan fingerprint density at radius 2 is 1.74 bits per heavy atom. The molecule has 39 heavy (non-hydrogen) atoms. The van der Waals surface area contributed by atoms with Gasteiger partial charge in [0.25, 0.3) is 0 Å². The minimum absolute atomic E-state index is 0.0814. The van der Waals surface area contributed by atoms with Crippen molar-refractivity contribution < 1.29 is 43.4 Å². The van der Waals surface area contributed by atoms with E-state index in [4.69, 9.17) is 33.5 Å². The molecule has 2 aliphatic heterocycles. The van der Waals surface area contributed by atoms with Crippen LogP contribution in [-0.4, -0.2) is 79.6 Å². The Bertz CT molecular complexity index is 851. The smallest absolute Gasteiger partial charge is 0.303 e. The van der Waals surface area contributed by atoms with Gasteiger partial charge in [-0.2, -0.15) is 0 Å². The maximum Gasteiger partial charge on any atom is 0.303 e. The lowest BCUT2D eigenvalue weighted by Gasteiger charge is -2.32. The van der Waals surface area contributed by atoms with Crippen molar-refractivity contribution in [1.29, 1.82) is 0 Å². The maximum absolute atomic E-state index is 11.0. The van der Waals surface area contributed by atoms with Crippen LogP contribution in [0.2, 0.25) is 0 Å². The number of rotatable bonds is 15. The lowest BCUT2D eigenvalue weighted by molar-refractivity contribution is -0.226. The Kier molecular flexibility index (Phi) is 12.5. The molecular weight excluding hydrogens is 504 g/mol. The summed E-state index contributed by atoms with van der Waals surface area (Å²) in [6.45, 7) is 1.92. The van der Waals surface area contributed by atoms with Crippen LogP contribution in [0.3, 0.4) is 0 Å². The third-order valence-corrected chi connectivity index (χ3v) is 7.46. The molecule has 4 rings (SSSR count). The molecule has 218 valence electrons. The summed E-state index contributed by atoms with van der Waals surface area (Å²) in [6.07, 6.45) is 8.93. The number of aliphatic carboxylic acids is 1. The fourth-order valence-corrected chi connectivity index (χ4v) is 5.37. The molecule has 0 spiro atoms. The number of carboxylic acids is 1. The van der Waals surface area contributed by atoms with Crippen molar-refractivity contribution in [1.82, 2.24) is 0 Å². The van der Waals surface area contributed by atoms with Gasteiger partial charge in [0, 0.05) is 32.0 Å². The predicted octanol–water partition coefficient (Wildman–Crippen LogP) is 4.47. The van der Waals surface area contributed by atoms with Crippen molar-refractivity contribution in [3.63, 3.8) is 0 Å². The molecule has 2 heterocycles. The van der Waals surface area contributed by atoms with Gasteiger partial charge in [-0.05, 0) is 63.5 Å². The summed E-state index contributed by atoms with van der Waals surface area (Å²) < 4.78 is 36.8. The Morgan fingerprint density at radius 3 is 2.44 bits per heavy atom. The monoisotopic (exact) mass is 548 g/mol. The van der Waals surface area contributed by atoms with Gasteiger partial charge in [0.05, 0.1) is 24.9 Å². The van der Waals surface area contributed by atoms with E-state index in [9.17, 15) is 9.90 Å². The third kappa shape index (κ3) is 10.2. The van der Waals surface area contributed by atoms with Crippen molar-refractivity contribution in [2.24, 2.45) is 5.92 Å². The minimum atomic E-state index is -0.826. The van der Waals surface area contributed by atoms with E-state index >= 15 is 0 Å². The molecule has 2 saturated heterocycles. The summed E-state index contributed by atoms with van der Waals surface area (Å²) >= 11 is 0. The molecule has 9 nitrogen and oxygen atoms in total. The molecule has 2 N–H and O–H groups in total. The SMILES string of the molecule is O=C(O)CC/C=C/CC1C(O)CC(OC2CCCCO2)C1OCC(COc1ccccc1)OC1CCCCO1. The van der Waals surface area contributed by atoms with Crippen molar-refractivity contribution in [3.05, 3.63) is 42.5 Å². The first-order valence-electron chi connectivity index (χ1n) is 14.5. The van der Waals surface area contributed by atoms with E-state index in [0.29, 0.717) is 39.1 Å². The Hall–Kier alpha value is -2.01. The van der Waals surface area contributed by atoms with Gasteiger partial charge in [-0.3, -0.25) is 4.79 Å². The van der Waals surface area contributed by atoms with Gasteiger partial charge in [0.15, 0.2) is 12.6 Å². The molecule has 9 heteroatoms. The fraction of sp³-hybridized carbons (Fsp3) is 0.700. The number of allylic oxidation sites excluding steroid dienone is 2. The predicted molar refractivity (Wildman–Crippen MR) is 143 cm³/mol. The normalized spacial score (nSPS) is 30.4. The van der Waals surface area contributed by atoms with E-state index in [-0.39, 0.29) is 49.8 Å². The quantitative estimate of drug-likeness (QED) is 0.307. The van der Waals surface area contributed by atoms with E-state index in [1.165, 1.54) is 0 Å². The Balaban J connectivity index is 1.40. The number of aliphatic hydroxyl groups excluding tert-OH is 1. The first kappa shape index (κ1) is 30.0. The fourth-order valence-electron chi connectivity index (χ4n) is 5.37. The highest BCUT2D eigenvalue weighted by Crippen LogP contribution is 2.36. The number of carbonyl (C=O) groups is 1. The van der Waals surface area contributed by atoms with Crippen molar-refractivity contribution in [3.8, 4) is 5.75 Å². The van der Waals surface area contributed by atoms with Gasteiger partial charge in [-0.25, -0.2) is 0 Å². The van der Waals surface area contributed by atoms with E-state index in [1.54, 1.807) is 0 Å². The zero-order valence-electron chi connectivity index (χ0n) is 22.7. The standard InChI is InChI=1S/C30H44O9/c31-25-19-26(39-29-16-8-10-18-35-29)30(24(25)13-5-2-6-14-27(32)33)37-21-23(38-28-15-7-9-17-34-28)20-36-22-11-3-1-4-12-22/h1-5,11-12,23-26,28-31H,6-10,13-21H2,(H,32,33)/b5-2+. The number of hydrogen-bond acceptors (Lipinski definition) is 8. The molecular formula is C30H44O9. The molecule has 7 atom stereocenters. The van der Waals surface area contributed by atoms with Crippen LogP contribution in [0.25, 0.3) is 0 Å². The second-order valence-corrected chi connectivity index (χ2v) is 10.6. The van der Waals surface area contributed by atoms with Crippen molar-refractivity contribution in [2.45, 2.75) is 101 Å². The van der Waals surface area contributed by atoms with Crippen LogP contribution in [0.5, 0.6) is 5.75 Å². The third-order valence-electron chi connectivity index (χ3n) is 7.46. The van der Waals surface area contributed by atoms with E-state index in [0.717, 1.165) is 44.3 Å². The zero-order valence-corrected chi connectivity index (χ0v) is 22.7. The van der Waals surface area contributed by atoms with Gasteiger partial charge in [-0.15, -0.1) is 0 Å². The number of carboxylic acid groups (broad SMARTS) is 1. The van der Waals surface area contributed by atoms with Crippen LogP contribution < -0.4 is 4.74 Å². The lowest BCUT2D eigenvalue weighted by atomic mass is 9.98. The summed E-state index contributed by atoms with van der Waals surface area (Å²) in [5.74, 6) is -0.262. The van der Waals surface area contributed by atoms with Crippen molar-refractivity contribution >= 4 is 5.97 Å². The van der Waals surface area contributed by atoms with E-state index < -0.39 is 12.1 Å². The van der Waals surface area contributed by atoms with Crippen LogP contribution in [0.4, 0.5) is 0 Å². The molecule has 0 amide bonds. The van der Waals surface area contributed by atoms with Gasteiger partial charge in [0.2, 0.25) is 0 Å².